The molecule has 0 radical (unpaired) electrons. The molecule has 1 aromatic rings. The minimum Gasteiger partial charge on any atom is -0.459 e. The first-order valence-corrected chi connectivity index (χ1v) is 9.23. The van der Waals surface area contributed by atoms with Crippen molar-refractivity contribution in [2.45, 2.75) is 37.0 Å². The molecular formula is C18H22N4O6. The van der Waals surface area contributed by atoms with Gasteiger partial charge in [0.2, 0.25) is 17.7 Å². The summed E-state index contributed by atoms with van der Waals surface area (Å²) in [4.78, 5) is 53.4. The van der Waals surface area contributed by atoms with Crippen LogP contribution in [0, 0.1) is 0 Å². The second-order valence-corrected chi connectivity index (χ2v) is 7.26. The first-order valence-electron chi connectivity index (χ1n) is 9.23. The third-order valence-electron chi connectivity index (χ3n) is 5.50. The summed E-state index contributed by atoms with van der Waals surface area (Å²) in [5, 5.41) is 5.69. The number of rotatable bonds is 4. The Bertz CT molecular complexity index is 794. The average molecular weight is 390 g/mol. The number of likely N-dealkylation sites (tertiary alicyclic amines) is 1. The van der Waals surface area contributed by atoms with E-state index in [0.717, 1.165) is 0 Å². The van der Waals surface area contributed by atoms with E-state index in [2.05, 4.69) is 10.6 Å². The van der Waals surface area contributed by atoms with Crippen LogP contribution in [-0.4, -0.2) is 84.4 Å². The Morgan fingerprint density at radius 2 is 2.21 bits per heavy atom. The van der Waals surface area contributed by atoms with E-state index < -0.39 is 18.1 Å². The number of amides is 4. The fraction of sp³-hybridized carbons (Fsp3) is 0.556. The maximum Gasteiger partial charge on any atom is 0.290 e. The van der Waals surface area contributed by atoms with Crippen LogP contribution in [0.15, 0.2) is 22.8 Å². The normalized spacial score (nSPS) is 29.2. The molecule has 0 aromatic carbocycles. The van der Waals surface area contributed by atoms with Gasteiger partial charge < -0.3 is 29.6 Å². The molecule has 4 rings (SSSR count). The molecule has 2 N–H and O–H groups in total. The maximum atomic E-state index is 13.3. The number of hydrogen-bond acceptors (Lipinski definition) is 6. The SMILES string of the molecule is COCC(=O)NC1CC2C(=O)NC3CCN(C(=O)c4ccco4)C3C(=O)N2C1. The Hall–Kier alpha value is -2.88. The molecule has 0 aliphatic carbocycles. The number of methoxy groups -OCH3 is 1. The lowest BCUT2D eigenvalue weighted by molar-refractivity contribution is -0.138. The summed E-state index contributed by atoms with van der Waals surface area (Å²) in [6, 6.07) is 0.962. The second-order valence-electron chi connectivity index (χ2n) is 7.26. The highest BCUT2D eigenvalue weighted by Gasteiger charge is 2.52. The van der Waals surface area contributed by atoms with Gasteiger partial charge in [-0.05, 0) is 25.0 Å². The molecule has 0 saturated carbocycles. The van der Waals surface area contributed by atoms with Gasteiger partial charge in [-0.15, -0.1) is 0 Å². The van der Waals surface area contributed by atoms with Crippen LogP contribution in [0.2, 0.25) is 0 Å². The Morgan fingerprint density at radius 1 is 1.39 bits per heavy atom. The van der Waals surface area contributed by atoms with E-state index in [1.807, 2.05) is 0 Å². The molecule has 0 spiro atoms. The van der Waals surface area contributed by atoms with Crippen molar-refractivity contribution in [1.29, 1.82) is 0 Å². The highest BCUT2D eigenvalue weighted by atomic mass is 16.5. The number of carbonyl (C=O) groups excluding carboxylic acids is 4. The van der Waals surface area contributed by atoms with E-state index in [4.69, 9.17) is 9.15 Å². The smallest absolute Gasteiger partial charge is 0.290 e. The number of carbonyl (C=O) groups is 4. The van der Waals surface area contributed by atoms with Gasteiger partial charge in [0, 0.05) is 26.2 Å². The van der Waals surface area contributed by atoms with Crippen molar-refractivity contribution in [2.24, 2.45) is 0 Å². The molecule has 1 aromatic heterocycles. The van der Waals surface area contributed by atoms with Crippen molar-refractivity contribution in [3.05, 3.63) is 24.2 Å². The lowest BCUT2D eigenvalue weighted by Gasteiger charge is -2.28. The molecule has 3 aliphatic heterocycles. The minimum absolute atomic E-state index is 0.0859. The number of hydrogen-bond donors (Lipinski definition) is 2. The van der Waals surface area contributed by atoms with Crippen LogP contribution in [-0.2, 0) is 19.1 Å². The van der Waals surface area contributed by atoms with Crippen molar-refractivity contribution in [3.63, 3.8) is 0 Å². The van der Waals surface area contributed by atoms with Crippen LogP contribution in [0.3, 0.4) is 0 Å². The first kappa shape index (κ1) is 18.5. The molecule has 10 heteroatoms. The maximum absolute atomic E-state index is 13.3. The van der Waals surface area contributed by atoms with Crippen LogP contribution < -0.4 is 10.6 Å². The van der Waals surface area contributed by atoms with Crippen LogP contribution in [0.25, 0.3) is 0 Å². The van der Waals surface area contributed by atoms with E-state index in [1.165, 1.54) is 23.2 Å². The monoisotopic (exact) mass is 390 g/mol. The van der Waals surface area contributed by atoms with Gasteiger partial charge in [0.05, 0.1) is 12.3 Å². The summed E-state index contributed by atoms with van der Waals surface area (Å²) in [7, 11) is 1.42. The lowest BCUT2D eigenvalue weighted by atomic mass is 10.1. The zero-order valence-electron chi connectivity index (χ0n) is 15.4. The molecule has 10 nitrogen and oxygen atoms in total. The number of nitrogens with zero attached hydrogens (tertiary/aromatic N) is 2. The largest absolute Gasteiger partial charge is 0.459 e. The molecule has 28 heavy (non-hydrogen) atoms. The van der Waals surface area contributed by atoms with E-state index in [0.29, 0.717) is 19.4 Å². The topological polar surface area (TPSA) is 121 Å². The Labute approximate surface area is 161 Å². The fourth-order valence-electron chi connectivity index (χ4n) is 4.30. The van der Waals surface area contributed by atoms with Gasteiger partial charge in [-0.1, -0.05) is 0 Å². The molecule has 3 fully saturated rings. The van der Waals surface area contributed by atoms with E-state index >= 15 is 0 Å². The Morgan fingerprint density at radius 3 is 2.93 bits per heavy atom. The van der Waals surface area contributed by atoms with Gasteiger partial charge in [-0.2, -0.15) is 0 Å². The summed E-state index contributed by atoms with van der Waals surface area (Å²) in [5.74, 6) is -1.05. The quantitative estimate of drug-likeness (QED) is 0.661. The van der Waals surface area contributed by atoms with E-state index in [-0.39, 0.29) is 48.6 Å². The zero-order chi connectivity index (χ0) is 19.8. The fourth-order valence-corrected chi connectivity index (χ4v) is 4.30. The Kier molecular flexibility index (Phi) is 4.80. The van der Waals surface area contributed by atoms with E-state index in [9.17, 15) is 19.2 Å². The lowest BCUT2D eigenvalue weighted by Crippen LogP contribution is -2.52. The zero-order valence-corrected chi connectivity index (χ0v) is 15.4. The molecule has 3 aliphatic rings. The molecule has 150 valence electrons. The molecular weight excluding hydrogens is 368 g/mol. The number of nitrogens with one attached hydrogen (secondary N) is 2. The van der Waals surface area contributed by atoms with Gasteiger partial charge in [0.1, 0.15) is 18.7 Å². The Balaban J connectivity index is 1.54. The van der Waals surface area contributed by atoms with Crippen LogP contribution in [0.5, 0.6) is 0 Å². The molecule has 3 saturated heterocycles. The van der Waals surface area contributed by atoms with Crippen molar-refractivity contribution >= 4 is 23.6 Å². The second kappa shape index (κ2) is 7.27. The standard InChI is InChI=1S/C18H22N4O6/c1-27-9-14(23)19-10-7-12-16(24)20-11-4-5-21(15(11)18(26)22(12)8-10)17(25)13-3-2-6-28-13/h2-3,6,10-12,15H,4-5,7-9H2,1H3,(H,19,23)(H,20,24). The highest BCUT2D eigenvalue weighted by Crippen LogP contribution is 2.30. The van der Waals surface area contributed by atoms with E-state index in [1.54, 1.807) is 12.1 Å². The van der Waals surface area contributed by atoms with Gasteiger partial charge in [0.15, 0.2) is 5.76 Å². The third-order valence-corrected chi connectivity index (χ3v) is 5.50. The van der Waals surface area contributed by atoms with Crippen molar-refractivity contribution < 1.29 is 28.3 Å². The average Bonchev–Trinajstić information content (AvgIpc) is 3.39. The predicted octanol–water partition coefficient (Wildman–Crippen LogP) is -1.28. The highest BCUT2D eigenvalue weighted by molar-refractivity contribution is 5.99. The molecule has 4 unspecified atom stereocenters. The first-order chi connectivity index (χ1) is 13.5. The molecule has 4 atom stereocenters. The van der Waals surface area contributed by atoms with Gasteiger partial charge >= 0.3 is 0 Å². The number of fused-ring (bicyclic) bond motifs is 2. The molecule has 0 bridgehead atoms. The van der Waals surface area contributed by atoms with Crippen molar-refractivity contribution in [2.75, 3.05) is 26.8 Å². The third kappa shape index (κ3) is 3.13. The van der Waals surface area contributed by atoms with Crippen LogP contribution in [0.4, 0.5) is 0 Å². The minimum atomic E-state index is -0.778. The predicted molar refractivity (Wildman–Crippen MR) is 94.0 cm³/mol. The summed E-state index contributed by atoms with van der Waals surface area (Å²) in [6.07, 6.45) is 2.24. The molecule has 4 amide bonds. The van der Waals surface area contributed by atoms with Crippen molar-refractivity contribution in [1.82, 2.24) is 20.4 Å². The van der Waals surface area contributed by atoms with Gasteiger partial charge in [-0.25, -0.2) is 0 Å². The van der Waals surface area contributed by atoms with Crippen molar-refractivity contribution in [3.8, 4) is 0 Å². The summed E-state index contributed by atoms with van der Waals surface area (Å²) in [5.41, 5.74) is 0. The van der Waals surface area contributed by atoms with Crippen LogP contribution in [0.1, 0.15) is 23.4 Å². The summed E-state index contributed by atoms with van der Waals surface area (Å²) in [6.45, 7) is 0.489. The van der Waals surface area contributed by atoms with Crippen LogP contribution >= 0.6 is 0 Å². The van der Waals surface area contributed by atoms with Gasteiger partial charge in [-0.3, -0.25) is 19.2 Å². The van der Waals surface area contributed by atoms with Gasteiger partial charge in [0.25, 0.3) is 5.91 Å². The number of ether oxygens (including phenoxy) is 1. The molecule has 4 heterocycles. The summed E-state index contributed by atoms with van der Waals surface area (Å²) < 4.78 is 9.99. The number of furan rings is 1. The summed E-state index contributed by atoms with van der Waals surface area (Å²) >= 11 is 0.